The average Bonchev–Trinajstić information content (AvgIpc) is 2.54. The number of carbonyl (C=O) groups excluding carboxylic acids is 1. The van der Waals surface area contributed by atoms with Crippen molar-refractivity contribution in [3.05, 3.63) is 65.7 Å². The number of benzene rings is 2. The molecule has 2 rings (SSSR count). The number of hydrogen-bond acceptors (Lipinski definition) is 2. The average molecular weight is 315 g/mol. The molecule has 0 aliphatic heterocycles. The van der Waals surface area contributed by atoms with Gasteiger partial charge in [-0.15, -0.1) is 11.8 Å². The molecule has 0 aliphatic carbocycles. The van der Waals surface area contributed by atoms with Gasteiger partial charge < -0.3 is 10.2 Å². The van der Waals surface area contributed by atoms with E-state index in [1.54, 1.807) is 11.8 Å². The number of amides is 1. The molecule has 2 N–H and O–H groups in total. The third-order valence-electron chi connectivity index (χ3n) is 3.28. The van der Waals surface area contributed by atoms with Crippen molar-refractivity contribution >= 4 is 17.7 Å². The normalized spacial score (nSPS) is 10.7. The standard InChI is InChI=1S/C18H22N2OS/c1-20(2)13-12-19-18(21)16-10-6-7-11-17(16)22-14-15-8-4-3-5-9-15/h3-11H,12-14H2,1-2H3,(H,19,21)/p+1. The molecule has 0 saturated carbocycles. The topological polar surface area (TPSA) is 33.5 Å². The number of nitrogens with one attached hydrogen (secondary N) is 2. The molecule has 4 heteroatoms. The molecule has 0 fully saturated rings. The van der Waals surface area contributed by atoms with Crippen LogP contribution in [0, 0.1) is 0 Å². The number of likely N-dealkylation sites (N-methyl/N-ethyl adjacent to an activating group) is 1. The van der Waals surface area contributed by atoms with Gasteiger partial charge in [0.1, 0.15) is 0 Å². The van der Waals surface area contributed by atoms with Crippen molar-refractivity contribution < 1.29 is 9.69 Å². The molecular formula is C18H23N2OS+. The molecule has 0 spiro atoms. The lowest BCUT2D eigenvalue weighted by Crippen LogP contribution is -3.06. The van der Waals surface area contributed by atoms with Crippen molar-refractivity contribution in [1.29, 1.82) is 0 Å². The van der Waals surface area contributed by atoms with E-state index >= 15 is 0 Å². The zero-order valence-electron chi connectivity index (χ0n) is 13.1. The Morgan fingerprint density at radius 2 is 1.73 bits per heavy atom. The second kappa shape index (κ2) is 8.61. The van der Waals surface area contributed by atoms with Gasteiger partial charge in [-0.1, -0.05) is 42.5 Å². The minimum atomic E-state index is 0.0115. The summed E-state index contributed by atoms with van der Waals surface area (Å²) in [5.41, 5.74) is 2.02. The van der Waals surface area contributed by atoms with Crippen LogP contribution in [0.2, 0.25) is 0 Å². The molecule has 0 aromatic heterocycles. The molecule has 2 aromatic rings. The van der Waals surface area contributed by atoms with Crippen LogP contribution in [0.15, 0.2) is 59.5 Å². The summed E-state index contributed by atoms with van der Waals surface area (Å²) >= 11 is 1.70. The highest BCUT2D eigenvalue weighted by Gasteiger charge is 2.11. The van der Waals surface area contributed by atoms with E-state index < -0.39 is 0 Å². The Labute approximate surface area is 136 Å². The Balaban J connectivity index is 1.98. The summed E-state index contributed by atoms with van der Waals surface area (Å²) in [6.07, 6.45) is 0. The van der Waals surface area contributed by atoms with Crippen molar-refractivity contribution in [3.8, 4) is 0 Å². The minimum Gasteiger partial charge on any atom is -0.346 e. The quantitative estimate of drug-likeness (QED) is 0.765. The third kappa shape index (κ3) is 5.20. The lowest BCUT2D eigenvalue weighted by atomic mass is 10.2. The van der Waals surface area contributed by atoms with E-state index in [0.717, 1.165) is 22.8 Å². The fourth-order valence-corrected chi connectivity index (χ4v) is 3.04. The molecule has 0 aliphatic rings. The Bertz CT molecular complexity index is 599. The highest BCUT2D eigenvalue weighted by molar-refractivity contribution is 7.98. The minimum absolute atomic E-state index is 0.0115. The van der Waals surface area contributed by atoms with E-state index in [9.17, 15) is 4.79 Å². The first-order valence-corrected chi connectivity index (χ1v) is 8.48. The number of hydrogen-bond donors (Lipinski definition) is 2. The molecule has 0 atom stereocenters. The van der Waals surface area contributed by atoms with E-state index in [2.05, 4.69) is 31.5 Å². The summed E-state index contributed by atoms with van der Waals surface area (Å²) in [6, 6.07) is 18.1. The second-order valence-electron chi connectivity index (χ2n) is 5.48. The van der Waals surface area contributed by atoms with Gasteiger partial charge in [0.15, 0.2) is 0 Å². The number of carbonyl (C=O) groups is 1. The van der Waals surface area contributed by atoms with E-state index in [-0.39, 0.29) is 5.91 Å². The van der Waals surface area contributed by atoms with E-state index in [4.69, 9.17) is 0 Å². The first-order chi connectivity index (χ1) is 10.7. The zero-order chi connectivity index (χ0) is 15.8. The van der Waals surface area contributed by atoms with Gasteiger partial charge in [-0.2, -0.15) is 0 Å². The molecule has 116 valence electrons. The lowest BCUT2D eigenvalue weighted by molar-refractivity contribution is -0.856. The van der Waals surface area contributed by atoms with Crippen LogP contribution in [0.25, 0.3) is 0 Å². The summed E-state index contributed by atoms with van der Waals surface area (Å²) in [4.78, 5) is 14.7. The smallest absolute Gasteiger partial charge is 0.252 e. The predicted octanol–water partition coefficient (Wildman–Crippen LogP) is 1.85. The Hall–Kier alpha value is -1.78. The van der Waals surface area contributed by atoms with Crippen LogP contribution in [0.1, 0.15) is 15.9 Å². The zero-order valence-corrected chi connectivity index (χ0v) is 14.0. The fourth-order valence-electron chi connectivity index (χ4n) is 2.04. The van der Waals surface area contributed by atoms with Crippen molar-refractivity contribution in [2.45, 2.75) is 10.6 Å². The Kier molecular flexibility index (Phi) is 6.49. The van der Waals surface area contributed by atoms with E-state index in [1.165, 1.54) is 10.5 Å². The van der Waals surface area contributed by atoms with Crippen LogP contribution in [0.3, 0.4) is 0 Å². The molecule has 0 heterocycles. The molecule has 0 bridgehead atoms. The van der Waals surface area contributed by atoms with Gasteiger partial charge in [-0.25, -0.2) is 0 Å². The molecule has 0 saturated heterocycles. The third-order valence-corrected chi connectivity index (χ3v) is 4.42. The summed E-state index contributed by atoms with van der Waals surface area (Å²) in [5.74, 6) is 0.880. The highest BCUT2D eigenvalue weighted by Crippen LogP contribution is 2.26. The molecule has 0 unspecified atom stereocenters. The summed E-state index contributed by atoms with van der Waals surface area (Å²) in [5, 5.41) is 3.00. The van der Waals surface area contributed by atoms with Crippen LogP contribution in [-0.2, 0) is 5.75 Å². The van der Waals surface area contributed by atoms with Gasteiger partial charge in [0.2, 0.25) is 0 Å². The summed E-state index contributed by atoms with van der Waals surface area (Å²) < 4.78 is 0. The van der Waals surface area contributed by atoms with Crippen LogP contribution in [0.4, 0.5) is 0 Å². The first-order valence-electron chi connectivity index (χ1n) is 7.50. The number of quaternary nitrogens is 1. The van der Waals surface area contributed by atoms with Crippen LogP contribution >= 0.6 is 11.8 Å². The second-order valence-corrected chi connectivity index (χ2v) is 6.50. The number of rotatable bonds is 7. The van der Waals surface area contributed by atoms with Gasteiger partial charge in [-0.3, -0.25) is 4.79 Å². The fraction of sp³-hybridized carbons (Fsp3) is 0.278. The van der Waals surface area contributed by atoms with Crippen molar-refractivity contribution in [2.75, 3.05) is 27.2 Å². The van der Waals surface area contributed by atoms with Gasteiger partial charge in [0.25, 0.3) is 5.91 Å². The maximum atomic E-state index is 12.3. The van der Waals surface area contributed by atoms with E-state index in [0.29, 0.717) is 6.54 Å². The van der Waals surface area contributed by atoms with Crippen LogP contribution in [0.5, 0.6) is 0 Å². The highest BCUT2D eigenvalue weighted by atomic mass is 32.2. The monoisotopic (exact) mass is 315 g/mol. The van der Waals surface area contributed by atoms with Gasteiger partial charge >= 0.3 is 0 Å². The number of thioether (sulfide) groups is 1. The largest absolute Gasteiger partial charge is 0.346 e. The van der Waals surface area contributed by atoms with Crippen molar-refractivity contribution in [2.24, 2.45) is 0 Å². The molecule has 2 aromatic carbocycles. The molecular weight excluding hydrogens is 292 g/mol. The van der Waals surface area contributed by atoms with Gasteiger partial charge in [-0.05, 0) is 17.7 Å². The molecule has 0 radical (unpaired) electrons. The Morgan fingerprint density at radius 1 is 1.05 bits per heavy atom. The lowest BCUT2D eigenvalue weighted by Gasteiger charge is -2.11. The van der Waals surface area contributed by atoms with Gasteiger partial charge in [0, 0.05) is 10.6 Å². The molecule has 3 nitrogen and oxygen atoms in total. The van der Waals surface area contributed by atoms with Crippen LogP contribution in [-0.4, -0.2) is 33.1 Å². The maximum Gasteiger partial charge on any atom is 0.252 e. The molecule has 1 amide bonds. The van der Waals surface area contributed by atoms with E-state index in [1.807, 2.05) is 42.5 Å². The SMILES string of the molecule is C[NH+](C)CCNC(=O)c1ccccc1SCc1ccccc1. The van der Waals surface area contributed by atoms with Crippen molar-refractivity contribution in [1.82, 2.24) is 5.32 Å². The van der Waals surface area contributed by atoms with Crippen molar-refractivity contribution in [3.63, 3.8) is 0 Å². The van der Waals surface area contributed by atoms with Gasteiger partial charge in [0.05, 0.1) is 32.7 Å². The Morgan fingerprint density at radius 3 is 2.45 bits per heavy atom. The van der Waals surface area contributed by atoms with Crippen LogP contribution < -0.4 is 10.2 Å². The maximum absolute atomic E-state index is 12.3. The molecule has 22 heavy (non-hydrogen) atoms. The predicted molar refractivity (Wildman–Crippen MR) is 92.5 cm³/mol. The summed E-state index contributed by atoms with van der Waals surface area (Å²) in [7, 11) is 4.16. The first kappa shape index (κ1) is 16.6. The summed E-state index contributed by atoms with van der Waals surface area (Å²) in [6.45, 7) is 1.61.